The van der Waals surface area contributed by atoms with Crippen molar-refractivity contribution in [3.05, 3.63) is 23.8 Å². The molecule has 0 aliphatic rings. The molecule has 0 aliphatic carbocycles. The van der Waals surface area contributed by atoms with Gasteiger partial charge in [-0.3, -0.25) is 0 Å². The van der Waals surface area contributed by atoms with E-state index in [0.717, 1.165) is 23.4 Å². The van der Waals surface area contributed by atoms with Gasteiger partial charge in [-0.25, -0.2) is 0 Å². The molecule has 1 aromatic rings. The first-order valence-electron chi connectivity index (χ1n) is 9.79. The zero-order chi connectivity index (χ0) is 16.8. The largest absolute Gasteiger partial charge is 0.398 e. The minimum Gasteiger partial charge on any atom is -0.398 e. The maximum absolute atomic E-state index is 5.96. The molecule has 0 heterocycles. The lowest BCUT2D eigenvalue weighted by molar-refractivity contribution is 0.539. The van der Waals surface area contributed by atoms with Crippen molar-refractivity contribution in [3.8, 4) is 0 Å². The quantitative estimate of drug-likeness (QED) is 0.313. The molecule has 1 radical (unpaired) electrons. The summed E-state index contributed by atoms with van der Waals surface area (Å²) >= 11 is 0. The molecule has 131 valence electrons. The second kappa shape index (κ2) is 13.3. The SMILES string of the molecule is CCCCCCCCCCCCCCCc1c(N)c[c]cc1N. The Bertz CT molecular complexity index is 381. The van der Waals surface area contributed by atoms with Crippen molar-refractivity contribution in [1.82, 2.24) is 0 Å². The Balaban J connectivity index is 1.88. The van der Waals surface area contributed by atoms with Gasteiger partial charge in [-0.15, -0.1) is 0 Å². The summed E-state index contributed by atoms with van der Waals surface area (Å²) in [6.07, 6.45) is 19.0. The predicted octanol–water partition coefficient (Wildman–Crippen LogP) is 6.28. The summed E-state index contributed by atoms with van der Waals surface area (Å²) in [6, 6.07) is 6.62. The van der Waals surface area contributed by atoms with E-state index in [-0.39, 0.29) is 0 Å². The summed E-state index contributed by atoms with van der Waals surface area (Å²) in [5.74, 6) is 0. The molecule has 23 heavy (non-hydrogen) atoms. The van der Waals surface area contributed by atoms with E-state index in [0.29, 0.717) is 0 Å². The van der Waals surface area contributed by atoms with Crippen LogP contribution in [0.5, 0.6) is 0 Å². The second-order valence-corrected chi connectivity index (χ2v) is 6.84. The van der Waals surface area contributed by atoms with E-state index in [9.17, 15) is 0 Å². The third kappa shape index (κ3) is 9.53. The minimum atomic E-state index is 0.795. The fourth-order valence-electron chi connectivity index (χ4n) is 3.17. The molecule has 0 amide bonds. The fourth-order valence-corrected chi connectivity index (χ4v) is 3.17. The number of nitrogen functional groups attached to an aromatic ring is 2. The zero-order valence-corrected chi connectivity index (χ0v) is 15.2. The van der Waals surface area contributed by atoms with Gasteiger partial charge in [0, 0.05) is 11.4 Å². The number of unbranched alkanes of at least 4 members (excludes halogenated alkanes) is 12. The maximum atomic E-state index is 5.96. The Labute approximate surface area is 144 Å². The highest BCUT2D eigenvalue weighted by Gasteiger charge is 2.03. The van der Waals surface area contributed by atoms with Crippen LogP contribution in [-0.4, -0.2) is 0 Å². The number of nitrogens with two attached hydrogens (primary N) is 2. The maximum Gasteiger partial charge on any atom is 0.0373 e. The highest BCUT2D eigenvalue weighted by molar-refractivity contribution is 5.60. The van der Waals surface area contributed by atoms with Crippen LogP contribution >= 0.6 is 0 Å². The van der Waals surface area contributed by atoms with Gasteiger partial charge in [-0.1, -0.05) is 84.0 Å². The molecule has 0 aromatic heterocycles. The summed E-state index contributed by atoms with van der Waals surface area (Å²) < 4.78 is 0. The van der Waals surface area contributed by atoms with E-state index in [1.165, 1.54) is 83.5 Å². The third-order valence-electron chi connectivity index (χ3n) is 4.70. The molecular formula is C21H37N2. The Morgan fingerprint density at radius 1 is 0.652 bits per heavy atom. The van der Waals surface area contributed by atoms with Crippen LogP contribution in [0.2, 0.25) is 0 Å². The summed E-state index contributed by atoms with van der Waals surface area (Å²) in [5.41, 5.74) is 14.6. The average molecular weight is 318 g/mol. The average Bonchev–Trinajstić information content (AvgIpc) is 2.54. The first kappa shape index (κ1) is 19.9. The Morgan fingerprint density at radius 3 is 1.48 bits per heavy atom. The van der Waals surface area contributed by atoms with E-state index in [1.807, 2.05) is 12.1 Å². The van der Waals surface area contributed by atoms with Crippen molar-refractivity contribution in [2.75, 3.05) is 11.5 Å². The molecule has 0 saturated carbocycles. The summed E-state index contributed by atoms with van der Waals surface area (Å²) in [6.45, 7) is 2.28. The third-order valence-corrected chi connectivity index (χ3v) is 4.70. The lowest BCUT2D eigenvalue weighted by Gasteiger charge is -2.08. The standard InChI is InChI=1S/C21H37N2/c1-2-3-4-5-6-7-8-9-10-11-12-13-14-16-19-20(22)17-15-18-21(19)23/h17-18H,2-14,16,22-23H2,1H3. The molecule has 4 N–H and O–H groups in total. The zero-order valence-electron chi connectivity index (χ0n) is 15.2. The molecule has 1 rings (SSSR count). The Hall–Kier alpha value is -1.18. The molecule has 2 heteroatoms. The van der Waals surface area contributed by atoms with Crippen LogP contribution in [0.4, 0.5) is 11.4 Å². The first-order valence-corrected chi connectivity index (χ1v) is 9.79. The molecule has 0 bridgehead atoms. The summed E-state index contributed by atoms with van der Waals surface area (Å²) in [7, 11) is 0. The topological polar surface area (TPSA) is 52.0 Å². The molecule has 0 aliphatic heterocycles. The Kier molecular flexibility index (Phi) is 11.5. The molecule has 0 atom stereocenters. The van der Waals surface area contributed by atoms with Crippen LogP contribution in [0.25, 0.3) is 0 Å². The van der Waals surface area contributed by atoms with E-state index < -0.39 is 0 Å². The summed E-state index contributed by atoms with van der Waals surface area (Å²) in [5, 5.41) is 0. The van der Waals surface area contributed by atoms with Crippen molar-refractivity contribution in [3.63, 3.8) is 0 Å². The molecule has 0 saturated heterocycles. The molecule has 0 spiro atoms. The van der Waals surface area contributed by atoms with Crippen molar-refractivity contribution < 1.29 is 0 Å². The number of anilines is 2. The predicted molar refractivity (Wildman–Crippen MR) is 104 cm³/mol. The Morgan fingerprint density at radius 2 is 1.04 bits per heavy atom. The number of hydrogen-bond acceptors (Lipinski definition) is 2. The molecule has 0 unspecified atom stereocenters. The monoisotopic (exact) mass is 317 g/mol. The van der Waals surface area contributed by atoms with E-state index in [2.05, 4.69) is 13.0 Å². The minimum absolute atomic E-state index is 0.795. The van der Waals surface area contributed by atoms with Gasteiger partial charge in [0.25, 0.3) is 0 Å². The van der Waals surface area contributed by atoms with Gasteiger partial charge in [-0.05, 0) is 36.6 Å². The van der Waals surface area contributed by atoms with Crippen molar-refractivity contribution in [2.24, 2.45) is 0 Å². The number of rotatable bonds is 14. The van der Waals surface area contributed by atoms with E-state index in [4.69, 9.17) is 11.5 Å². The number of hydrogen-bond donors (Lipinski definition) is 2. The summed E-state index contributed by atoms with van der Waals surface area (Å²) in [4.78, 5) is 0. The van der Waals surface area contributed by atoms with E-state index >= 15 is 0 Å². The van der Waals surface area contributed by atoms with Crippen molar-refractivity contribution in [2.45, 2.75) is 96.8 Å². The van der Waals surface area contributed by atoms with Crippen LogP contribution in [0.15, 0.2) is 12.1 Å². The molecule has 0 fully saturated rings. The molecule has 2 nitrogen and oxygen atoms in total. The highest BCUT2D eigenvalue weighted by Crippen LogP contribution is 2.21. The lowest BCUT2D eigenvalue weighted by Crippen LogP contribution is -2.00. The normalized spacial score (nSPS) is 11.0. The van der Waals surface area contributed by atoms with Gasteiger partial charge in [0.15, 0.2) is 0 Å². The fraction of sp³-hybridized carbons (Fsp3) is 0.714. The lowest BCUT2D eigenvalue weighted by atomic mass is 10.0. The van der Waals surface area contributed by atoms with E-state index in [1.54, 1.807) is 0 Å². The van der Waals surface area contributed by atoms with Gasteiger partial charge in [-0.2, -0.15) is 0 Å². The van der Waals surface area contributed by atoms with Gasteiger partial charge in [0.2, 0.25) is 0 Å². The van der Waals surface area contributed by atoms with Gasteiger partial charge in [0.1, 0.15) is 0 Å². The van der Waals surface area contributed by atoms with Gasteiger partial charge in [0.05, 0.1) is 0 Å². The van der Waals surface area contributed by atoms with Crippen LogP contribution in [0.1, 0.15) is 96.0 Å². The molecular weight excluding hydrogens is 280 g/mol. The van der Waals surface area contributed by atoms with Crippen LogP contribution in [0.3, 0.4) is 0 Å². The highest BCUT2D eigenvalue weighted by atomic mass is 14.6. The van der Waals surface area contributed by atoms with Crippen LogP contribution in [0, 0.1) is 6.07 Å². The smallest absolute Gasteiger partial charge is 0.0373 e. The second-order valence-electron chi connectivity index (χ2n) is 6.84. The van der Waals surface area contributed by atoms with Gasteiger partial charge < -0.3 is 11.5 Å². The van der Waals surface area contributed by atoms with Crippen LogP contribution < -0.4 is 11.5 Å². The molecule has 1 aromatic carbocycles. The van der Waals surface area contributed by atoms with Crippen LogP contribution in [-0.2, 0) is 6.42 Å². The van der Waals surface area contributed by atoms with Gasteiger partial charge >= 0.3 is 0 Å². The van der Waals surface area contributed by atoms with Crippen molar-refractivity contribution >= 4 is 11.4 Å². The van der Waals surface area contributed by atoms with Crippen molar-refractivity contribution in [1.29, 1.82) is 0 Å². The number of benzene rings is 1. The first-order chi connectivity index (χ1) is 11.3.